The summed E-state index contributed by atoms with van der Waals surface area (Å²) in [6.07, 6.45) is 1.96. The van der Waals surface area contributed by atoms with Crippen LogP contribution in [0.15, 0.2) is 54.6 Å². The molecule has 0 aliphatic heterocycles. The molecule has 0 aromatic heterocycles. The van der Waals surface area contributed by atoms with E-state index in [2.05, 4.69) is 38.5 Å². The molecule has 0 aliphatic carbocycles. The lowest BCUT2D eigenvalue weighted by molar-refractivity contribution is 0.0735. The van der Waals surface area contributed by atoms with E-state index in [-0.39, 0.29) is 11.5 Å². The SMILES string of the molecule is CC(C)COCCCC(C)(C)NNc1cccc(OC(=O)c2ccccc2)c1. The van der Waals surface area contributed by atoms with Gasteiger partial charge in [-0.25, -0.2) is 10.2 Å². The molecule has 0 unspecified atom stereocenters. The highest BCUT2D eigenvalue weighted by atomic mass is 16.5. The lowest BCUT2D eigenvalue weighted by Gasteiger charge is -2.27. The zero-order valence-electron chi connectivity index (χ0n) is 17.3. The number of nitrogens with one attached hydrogen (secondary N) is 2. The highest BCUT2D eigenvalue weighted by Crippen LogP contribution is 2.19. The standard InChI is InChI=1S/C23H32N2O3/c1-18(2)17-27-15-9-14-23(3,4)25-24-20-12-8-13-21(16-20)28-22(26)19-10-6-5-7-11-19/h5-8,10-13,16,18,24-25H,9,14-15,17H2,1-4H3. The van der Waals surface area contributed by atoms with Crippen LogP contribution in [0, 0.1) is 5.92 Å². The van der Waals surface area contributed by atoms with Crippen molar-refractivity contribution in [2.45, 2.75) is 46.1 Å². The Hall–Kier alpha value is -2.37. The van der Waals surface area contributed by atoms with Gasteiger partial charge in [-0.15, -0.1) is 0 Å². The van der Waals surface area contributed by atoms with Gasteiger partial charge in [0.15, 0.2) is 0 Å². The molecular formula is C23H32N2O3. The lowest BCUT2D eigenvalue weighted by Crippen LogP contribution is -2.43. The van der Waals surface area contributed by atoms with Gasteiger partial charge in [-0.1, -0.05) is 38.1 Å². The lowest BCUT2D eigenvalue weighted by atomic mass is 10.00. The minimum absolute atomic E-state index is 0.0993. The largest absolute Gasteiger partial charge is 0.423 e. The van der Waals surface area contributed by atoms with Crippen LogP contribution in [0.3, 0.4) is 0 Å². The van der Waals surface area contributed by atoms with Gasteiger partial charge in [-0.3, -0.25) is 0 Å². The van der Waals surface area contributed by atoms with Gasteiger partial charge in [0.25, 0.3) is 0 Å². The van der Waals surface area contributed by atoms with Gasteiger partial charge in [0.1, 0.15) is 5.75 Å². The van der Waals surface area contributed by atoms with Crippen molar-refractivity contribution in [2.24, 2.45) is 5.92 Å². The number of carbonyl (C=O) groups excluding carboxylic acids is 1. The van der Waals surface area contributed by atoms with E-state index in [1.807, 2.05) is 30.3 Å². The van der Waals surface area contributed by atoms with E-state index in [1.54, 1.807) is 24.3 Å². The maximum absolute atomic E-state index is 12.2. The Labute approximate surface area is 168 Å². The molecule has 0 radical (unpaired) electrons. The van der Waals surface area contributed by atoms with Gasteiger partial charge in [0.2, 0.25) is 0 Å². The summed E-state index contributed by atoms with van der Waals surface area (Å²) in [6.45, 7) is 10.2. The number of hydrogen-bond acceptors (Lipinski definition) is 5. The second-order valence-corrected chi connectivity index (χ2v) is 7.99. The first-order valence-corrected chi connectivity index (χ1v) is 9.84. The van der Waals surface area contributed by atoms with E-state index in [4.69, 9.17) is 9.47 Å². The average molecular weight is 385 g/mol. The maximum atomic E-state index is 12.2. The third-order valence-electron chi connectivity index (χ3n) is 4.14. The van der Waals surface area contributed by atoms with Gasteiger partial charge in [0.05, 0.1) is 11.3 Å². The van der Waals surface area contributed by atoms with Crippen LogP contribution in [0.5, 0.6) is 5.75 Å². The summed E-state index contributed by atoms with van der Waals surface area (Å²) in [5, 5.41) is 0. The zero-order chi connectivity index (χ0) is 20.4. The molecule has 0 heterocycles. The van der Waals surface area contributed by atoms with Crippen molar-refractivity contribution in [3.05, 3.63) is 60.2 Å². The van der Waals surface area contributed by atoms with Gasteiger partial charge in [0, 0.05) is 24.8 Å². The van der Waals surface area contributed by atoms with Gasteiger partial charge in [-0.2, -0.15) is 0 Å². The van der Waals surface area contributed by atoms with Crippen molar-refractivity contribution >= 4 is 11.7 Å². The Balaban J connectivity index is 1.81. The molecule has 0 bridgehead atoms. The molecule has 28 heavy (non-hydrogen) atoms. The first-order valence-electron chi connectivity index (χ1n) is 9.84. The van der Waals surface area contributed by atoms with Crippen molar-refractivity contribution in [2.75, 3.05) is 18.6 Å². The summed E-state index contributed by atoms with van der Waals surface area (Å²) >= 11 is 0. The summed E-state index contributed by atoms with van der Waals surface area (Å²) in [6, 6.07) is 16.3. The minimum atomic E-state index is -0.368. The number of carbonyl (C=O) groups is 1. The van der Waals surface area contributed by atoms with Crippen molar-refractivity contribution < 1.29 is 14.3 Å². The summed E-state index contributed by atoms with van der Waals surface area (Å²) in [5.41, 5.74) is 7.82. The van der Waals surface area contributed by atoms with Crippen LogP contribution in [-0.4, -0.2) is 24.7 Å². The Bertz CT molecular complexity index is 730. The Morgan fingerprint density at radius 3 is 2.54 bits per heavy atom. The van der Waals surface area contributed by atoms with Crippen molar-refractivity contribution in [3.8, 4) is 5.75 Å². The smallest absolute Gasteiger partial charge is 0.343 e. The van der Waals surface area contributed by atoms with Crippen molar-refractivity contribution in [1.29, 1.82) is 0 Å². The van der Waals surface area contributed by atoms with Crippen molar-refractivity contribution in [3.63, 3.8) is 0 Å². The van der Waals surface area contributed by atoms with Crippen LogP contribution in [0.2, 0.25) is 0 Å². The van der Waals surface area contributed by atoms with E-state index in [9.17, 15) is 4.79 Å². The molecule has 0 atom stereocenters. The predicted octanol–water partition coefficient (Wildman–Crippen LogP) is 5.05. The maximum Gasteiger partial charge on any atom is 0.343 e. The number of anilines is 1. The van der Waals surface area contributed by atoms with Crippen LogP contribution in [-0.2, 0) is 4.74 Å². The van der Waals surface area contributed by atoms with Crippen molar-refractivity contribution in [1.82, 2.24) is 5.43 Å². The number of hydrogen-bond donors (Lipinski definition) is 2. The molecule has 0 saturated heterocycles. The van der Waals surface area contributed by atoms with Gasteiger partial charge >= 0.3 is 5.97 Å². The number of hydrazine groups is 1. The van der Waals surface area contributed by atoms with Crippen LogP contribution in [0.4, 0.5) is 5.69 Å². The summed E-state index contributed by atoms with van der Waals surface area (Å²) in [5.74, 6) is 0.698. The number of esters is 1. The van der Waals surface area contributed by atoms with Gasteiger partial charge < -0.3 is 14.9 Å². The van der Waals surface area contributed by atoms with Crippen LogP contribution < -0.4 is 15.6 Å². The molecule has 2 N–H and O–H groups in total. The quantitative estimate of drug-likeness (QED) is 0.246. The first-order chi connectivity index (χ1) is 13.4. The molecule has 0 saturated carbocycles. The molecule has 0 aliphatic rings. The van der Waals surface area contributed by atoms with Gasteiger partial charge in [-0.05, 0) is 56.9 Å². The van der Waals surface area contributed by atoms with E-state index >= 15 is 0 Å². The zero-order valence-corrected chi connectivity index (χ0v) is 17.3. The molecule has 2 rings (SSSR count). The van der Waals surface area contributed by atoms with E-state index in [1.165, 1.54) is 0 Å². The fraction of sp³-hybridized carbons (Fsp3) is 0.435. The minimum Gasteiger partial charge on any atom is -0.423 e. The fourth-order valence-corrected chi connectivity index (χ4v) is 2.62. The molecule has 0 fully saturated rings. The summed E-state index contributed by atoms with van der Waals surface area (Å²) in [7, 11) is 0. The van der Waals surface area contributed by atoms with Crippen LogP contribution in [0.1, 0.15) is 50.9 Å². The molecule has 5 nitrogen and oxygen atoms in total. The van der Waals surface area contributed by atoms with E-state index in [0.717, 1.165) is 31.7 Å². The highest BCUT2D eigenvalue weighted by molar-refractivity contribution is 5.91. The van der Waals surface area contributed by atoms with E-state index in [0.29, 0.717) is 17.2 Å². The summed E-state index contributed by atoms with van der Waals surface area (Å²) in [4.78, 5) is 12.2. The highest BCUT2D eigenvalue weighted by Gasteiger charge is 2.17. The first kappa shape index (κ1) is 21.9. The normalized spacial score (nSPS) is 11.5. The second-order valence-electron chi connectivity index (χ2n) is 7.99. The number of benzene rings is 2. The molecule has 152 valence electrons. The number of ether oxygens (including phenoxy) is 2. The molecule has 2 aromatic rings. The molecule has 5 heteroatoms. The van der Waals surface area contributed by atoms with Crippen LogP contribution >= 0.6 is 0 Å². The molecule has 0 spiro atoms. The topological polar surface area (TPSA) is 59.6 Å². The summed E-state index contributed by atoms with van der Waals surface area (Å²) < 4.78 is 11.1. The third kappa shape index (κ3) is 8.11. The Kier molecular flexibility index (Phi) is 8.48. The fourth-order valence-electron chi connectivity index (χ4n) is 2.62. The Morgan fingerprint density at radius 2 is 1.82 bits per heavy atom. The molecular weight excluding hydrogens is 352 g/mol. The van der Waals surface area contributed by atoms with E-state index < -0.39 is 0 Å². The third-order valence-corrected chi connectivity index (χ3v) is 4.14. The monoisotopic (exact) mass is 384 g/mol. The Morgan fingerprint density at radius 1 is 1.07 bits per heavy atom. The number of rotatable bonds is 11. The second kappa shape index (κ2) is 10.8. The molecule has 0 amide bonds. The molecule has 2 aromatic carbocycles. The predicted molar refractivity (Wildman–Crippen MR) is 114 cm³/mol. The van der Waals surface area contributed by atoms with Crippen LogP contribution in [0.25, 0.3) is 0 Å². The average Bonchev–Trinajstić information content (AvgIpc) is 2.67.